The number of benzene rings is 3. The molecule has 0 fully saturated rings. The average Bonchev–Trinajstić information content (AvgIpc) is 2.76. The van der Waals surface area contributed by atoms with E-state index in [0.29, 0.717) is 12.3 Å². The predicted octanol–water partition coefficient (Wildman–Crippen LogP) is 4.14. The lowest BCUT2D eigenvalue weighted by atomic mass is 10.1. The van der Waals surface area contributed by atoms with Crippen LogP contribution in [0, 0.1) is 0 Å². The molecule has 0 saturated carbocycles. The van der Waals surface area contributed by atoms with Gasteiger partial charge in [0.05, 0.1) is 4.47 Å². The zero-order chi connectivity index (χ0) is 20.8. The van der Waals surface area contributed by atoms with Gasteiger partial charge in [-0.25, -0.2) is 0 Å². The summed E-state index contributed by atoms with van der Waals surface area (Å²) in [7, 11) is 1.56. The lowest BCUT2D eigenvalue weighted by Gasteiger charge is -2.28. The average molecular weight is 455 g/mol. The lowest BCUT2D eigenvalue weighted by molar-refractivity contribution is -0.142. The third kappa shape index (κ3) is 4.95. The van der Waals surface area contributed by atoms with Crippen LogP contribution in [0.15, 0.2) is 71.2 Å². The Hall–Kier alpha value is -2.86. The molecule has 2 amide bonds. The number of hydrogen-bond donors (Lipinski definition) is 1. The maximum Gasteiger partial charge on any atom is 0.261 e. The molecule has 29 heavy (non-hydrogen) atoms. The first-order valence-corrected chi connectivity index (χ1v) is 10.2. The third-order valence-corrected chi connectivity index (χ3v) is 5.61. The summed E-state index contributed by atoms with van der Waals surface area (Å²) in [6.45, 7) is 1.88. The van der Waals surface area contributed by atoms with Crippen LogP contribution in [0.1, 0.15) is 12.5 Å². The van der Waals surface area contributed by atoms with Crippen molar-refractivity contribution < 1.29 is 14.3 Å². The van der Waals surface area contributed by atoms with Crippen LogP contribution in [0.3, 0.4) is 0 Å². The van der Waals surface area contributed by atoms with Crippen molar-refractivity contribution in [2.24, 2.45) is 0 Å². The number of halogens is 1. The Balaban J connectivity index is 1.77. The zero-order valence-corrected chi connectivity index (χ0v) is 18.0. The van der Waals surface area contributed by atoms with E-state index in [1.54, 1.807) is 14.0 Å². The summed E-state index contributed by atoms with van der Waals surface area (Å²) in [6.07, 6.45) is 0. The van der Waals surface area contributed by atoms with E-state index in [1.165, 1.54) is 4.90 Å². The molecular weight excluding hydrogens is 432 g/mol. The molecule has 0 spiro atoms. The van der Waals surface area contributed by atoms with Gasteiger partial charge in [0.1, 0.15) is 11.8 Å². The van der Waals surface area contributed by atoms with Crippen LogP contribution >= 0.6 is 15.9 Å². The van der Waals surface area contributed by atoms with Crippen LogP contribution in [0.2, 0.25) is 0 Å². The Bertz CT molecular complexity index is 1010. The Morgan fingerprint density at radius 1 is 1.03 bits per heavy atom. The van der Waals surface area contributed by atoms with E-state index in [9.17, 15) is 9.59 Å². The van der Waals surface area contributed by atoms with E-state index in [0.717, 1.165) is 20.8 Å². The fourth-order valence-electron chi connectivity index (χ4n) is 3.12. The van der Waals surface area contributed by atoms with Crippen LogP contribution in [0.4, 0.5) is 0 Å². The molecule has 0 heterocycles. The second-order valence-corrected chi connectivity index (χ2v) is 7.48. The number of likely N-dealkylation sites (N-methyl/N-ethyl adjacent to an activating group) is 1. The molecule has 0 radical (unpaired) electrons. The monoisotopic (exact) mass is 454 g/mol. The van der Waals surface area contributed by atoms with E-state index in [2.05, 4.69) is 21.2 Å². The van der Waals surface area contributed by atoms with Crippen LogP contribution < -0.4 is 10.1 Å². The van der Waals surface area contributed by atoms with Gasteiger partial charge in [0.25, 0.3) is 5.91 Å². The molecule has 0 aliphatic rings. The summed E-state index contributed by atoms with van der Waals surface area (Å²) in [5.41, 5.74) is 0.948. The Morgan fingerprint density at radius 3 is 2.45 bits per heavy atom. The predicted molar refractivity (Wildman–Crippen MR) is 118 cm³/mol. The number of hydrogen-bond acceptors (Lipinski definition) is 3. The van der Waals surface area contributed by atoms with Crippen LogP contribution in [0.5, 0.6) is 5.75 Å². The Kier molecular flexibility index (Phi) is 6.88. The first-order valence-electron chi connectivity index (χ1n) is 9.36. The van der Waals surface area contributed by atoms with Crippen molar-refractivity contribution in [2.45, 2.75) is 19.5 Å². The van der Waals surface area contributed by atoms with Gasteiger partial charge in [-0.1, -0.05) is 60.7 Å². The molecule has 6 heteroatoms. The molecule has 1 atom stereocenters. The highest BCUT2D eigenvalue weighted by Gasteiger charge is 2.26. The molecule has 0 bridgehead atoms. The third-order valence-electron chi connectivity index (χ3n) is 4.79. The van der Waals surface area contributed by atoms with Crippen molar-refractivity contribution in [3.05, 3.63) is 76.8 Å². The molecule has 1 N–H and O–H groups in total. The Labute approximate surface area is 178 Å². The minimum absolute atomic E-state index is 0.162. The summed E-state index contributed by atoms with van der Waals surface area (Å²) < 4.78 is 6.62. The highest BCUT2D eigenvalue weighted by molar-refractivity contribution is 9.10. The number of amides is 2. The van der Waals surface area contributed by atoms with E-state index in [4.69, 9.17) is 4.74 Å². The number of fused-ring (bicyclic) bond motifs is 1. The van der Waals surface area contributed by atoms with Crippen LogP contribution in [-0.2, 0) is 16.1 Å². The smallest absolute Gasteiger partial charge is 0.261 e. The number of nitrogens with zero attached hydrogens (tertiary/aromatic N) is 1. The van der Waals surface area contributed by atoms with Crippen molar-refractivity contribution >= 4 is 38.5 Å². The molecule has 0 aromatic heterocycles. The molecule has 0 aliphatic heterocycles. The second-order valence-electron chi connectivity index (χ2n) is 6.68. The van der Waals surface area contributed by atoms with Gasteiger partial charge in [-0.2, -0.15) is 0 Å². The van der Waals surface area contributed by atoms with E-state index < -0.39 is 6.04 Å². The van der Waals surface area contributed by atoms with Crippen LogP contribution in [-0.4, -0.2) is 36.4 Å². The van der Waals surface area contributed by atoms with Crippen molar-refractivity contribution in [2.75, 3.05) is 13.7 Å². The molecule has 0 unspecified atom stereocenters. The minimum atomic E-state index is -0.614. The lowest BCUT2D eigenvalue weighted by Crippen LogP contribution is -2.48. The van der Waals surface area contributed by atoms with Gasteiger partial charge in [0.2, 0.25) is 5.91 Å². The first kappa shape index (κ1) is 20.9. The molecular formula is C23H23BrN2O3. The number of nitrogens with one attached hydrogen (secondary N) is 1. The minimum Gasteiger partial charge on any atom is -0.483 e. The topological polar surface area (TPSA) is 58.6 Å². The first-order chi connectivity index (χ1) is 14.0. The van der Waals surface area contributed by atoms with Crippen molar-refractivity contribution in [3.63, 3.8) is 0 Å². The van der Waals surface area contributed by atoms with E-state index >= 15 is 0 Å². The largest absolute Gasteiger partial charge is 0.483 e. The SMILES string of the molecule is CNC(=O)[C@H](C)N(Cc1ccccc1)C(=O)COc1ccc2ccccc2c1Br. The summed E-state index contributed by atoms with van der Waals surface area (Å²) in [4.78, 5) is 26.7. The van der Waals surface area contributed by atoms with E-state index in [1.807, 2.05) is 66.7 Å². The summed E-state index contributed by atoms with van der Waals surface area (Å²) in [5.74, 6) is 0.107. The highest BCUT2D eigenvalue weighted by atomic mass is 79.9. The quantitative estimate of drug-likeness (QED) is 0.583. The summed E-state index contributed by atoms with van der Waals surface area (Å²) in [5, 5.41) is 4.70. The fraction of sp³-hybridized carbons (Fsp3) is 0.217. The number of carbonyl (C=O) groups excluding carboxylic acids is 2. The van der Waals surface area contributed by atoms with Crippen molar-refractivity contribution in [3.8, 4) is 5.75 Å². The molecule has 3 aromatic rings. The maximum atomic E-state index is 13.0. The summed E-state index contributed by atoms with van der Waals surface area (Å²) in [6, 6.07) is 20.7. The summed E-state index contributed by atoms with van der Waals surface area (Å²) >= 11 is 3.57. The van der Waals surface area contributed by atoms with Crippen LogP contribution in [0.25, 0.3) is 10.8 Å². The highest BCUT2D eigenvalue weighted by Crippen LogP contribution is 2.33. The molecule has 5 nitrogen and oxygen atoms in total. The number of rotatable bonds is 7. The molecule has 3 aromatic carbocycles. The normalized spacial score (nSPS) is 11.7. The zero-order valence-electron chi connectivity index (χ0n) is 16.4. The fourth-order valence-corrected chi connectivity index (χ4v) is 3.73. The standard InChI is InChI=1S/C23H23BrN2O3/c1-16(23(28)25-2)26(14-17-8-4-3-5-9-17)21(27)15-29-20-13-12-18-10-6-7-11-19(18)22(20)24/h3-13,16H,14-15H2,1-2H3,(H,25,28)/t16-/m0/s1. The molecule has 0 aliphatic carbocycles. The molecule has 3 rings (SSSR count). The van der Waals surface area contributed by atoms with Crippen molar-refractivity contribution in [1.29, 1.82) is 0 Å². The second kappa shape index (κ2) is 9.56. The Morgan fingerprint density at radius 2 is 1.72 bits per heavy atom. The van der Waals surface area contributed by atoms with Gasteiger partial charge in [-0.15, -0.1) is 0 Å². The van der Waals surface area contributed by atoms with Gasteiger partial charge >= 0.3 is 0 Å². The van der Waals surface area contributed by atoms with Gasteiger partial charge in [0.15, 0.2) is 6.61 Å². The molecule has 0 saturated heterocycles. The van der Waals surface area contributed by atoms with Gasteiger partial charge in [-0.3, -0.25) is 9.59 Å². The maximum absolute atomic E-state index is 13.0. The van der Waals surface area contributed by atoms with E-state index in [-0.39, 0.29) is 18.4 Å². The number of ether oxygens (including phenoxy) is 1. The molecule has 150 valence electrons. The number of carbonyl (C=O) groups is 2. The van der Waals surface area contributed by atoms with Gasteiger partial charge in [0, 0.05) is 13.6 Å². The van der Waals surface area contributed by atoms with Crippen molar-refractivity contribution in [1.82, 2.24) is 10.2 Å². The van der Waals surface area contributed by atoms with Gasteiger partial charge < -0.3 is 15.0 Å². The van der Waals surface area contributed by atoms with Gasteiger partial charge in [-0.05, 0) is 45.3 Å².